The van der Waals surface area contributed by atoms with Crippen molar-refractivity contribution in [3.8, 4) is 11.4 Å². The van der Waals surface area contributed by atoms with Crippen molar-refractivity contribution in [2.45, 2.75) is 19.4 Å². The molecular weight excluding hydrogens is 220 g/mol. The monoisotopic (exact) mass is 232 g/mol. The molecule has 1 aliphatic carbocycles. The topological polar surface area (TPSA) is 46.5 Å². The van der Waals surface area contributed by atoms with E-state index in [0.29, 0.717) is 16.7 Å². The van der Waals surface area contributed by atoms with Gasteiger partial charge in [-0.25, -0.2) is 0 Å². The zero-order valence-corrected chi connectivity index (χ0v) is 9.74. The van der Waals surface area contributed by atoms with Crippen LogP contribution in [0.25, 0.3) is 11.4 Å². The Morgan fingerprint density at radius 3 is 2.75 bits per heavy atom. The summed E-state index contributed by atoms with van der Waals surface area (Å²) in [5, 5.41) is 7.17. The number of aromatic amines is 1. The van der Waals surface area contributed by atoms with Gasteiger partial charge in [-0.05, 0) is 36.7 Å². The molecule has 0 spiro atoms. The summed E-state index contributed by atoms with van der Waals surface area (Å²) >= 11 is 5.27. The molecule has 0 aromatic carbocycles. The van der Waals surface area contributed by atoms with Crippen LogP contribution in [-0.2, 0) is 0 Å². The van der Waals surface area contributed by atoms with Crippen LogP contribution in [0, 0.1) is 10.7 Å². The lowest BCUT2D eigenvalue weighted by molar-refractivity contribution is 0.681. The van der Waals surface area contributed by atoms with Crippen molar-refractivity contribution in [3.63, 3.8) is 0 Å². The fraction of sp³-hybridized carbons (Fsp3) is 0.364. The highest BCUT2D eigenvalue weighted by Crippen LogP contribution is 2.44. The van der Waals surface area contributed by atoms with Crippen molar-refractivity contribution in [1.82, 2.24) is 19.7 Å². The summed E-state index contributed by atoms with van der Waals surface area (Å²) in [5.41, 5.74) is 1.06. The van der Waals surface area contributed by atoms with Crippen LogP contribution in [0.15, 0.2) is 24.5 Å². The Hall–Kier alpha value is -1.49. The van der Waals surface area contributed by atoms with Crippen LogP contribution in [0.3, 0.4) is 0 Å². The molecule has 0 aliphatic heterocycles. The van der Waals surface area contributed by atoms with Gasteiger partial charge in [-0.3, -0.25) is 14.6 Å². The highest BCUT2D eigenvalue weighted by molar-refractivity contribution is 7.71. The maximum Gasteiger partial charge on any atom is 0.195 e. The number of hydrogen-bond acceptors (Lipinski definition) is 3. The van der Waals surface area contributed by atoms with E-state index >= 15 is 0 Å². The highest BCUT2D eigenvalue weighted by atomic mass is 32.1. The molecule has 2 aromatic heterocycles. The number of H-pyrrole nitrogens is 1. The van der Waals surface area contributed by atoms with Gasteiger partial charge in [0.15, 0.2) is 10.6 Å². The summed E-state index contributed by atoms with van der Waals surface area (Å²) < 4.78 is 2.83. The minimum atomic E-state index is 0.509. The van der Waals surface area contributed by atoms with Crippen LogP contribution in [0.5, 0.6) is 0 Å². The van der Waals surface area contributed by atoms with Gasteiger partial charge in [0, 0.05) is 24.0 Å². The Bertz CT molecular complexity index is 557. The molecule has 2 heterocycles. The van der Waals surface area contributed by atoms with Gasteiger partial charge in [0.2, 0.25) is 0 Å². The van der Waals surface area contributed by atoms with Gasteiger partial charge in [0.1, 0.15) is 0 Å². The predicted octanol–water partition coefficient (Wildman–Crippen LogP) is 2.58. The first kappa shape index (κ1) is 9.72. The molecule has 2 atom stereocenters. The second-order valence-electron chi connectivity index (χ2n) is 4.24. The number of nitrogens with one attached hydrogen (secondary N) is 1. The first-order valence-corrected chi connectivity index (χ1v) is 5.75. The summed E-state index contributed by atoms with van der Waals surface area (Å²) in [7, 11) is 0. The van der Waals surface area contributed by atoms with Gasteiger partial charge in [-0.2, -0.15) is 5.10 Å². The maximum atomic E-state index is 5.27. The second kappa shape index (κ2) is 3.52. The lowest BCUT2D eigenvalue weighted by Gasteiger charge is -2.04. The summed E-state index contributed by atoms with van der Waals surface area (Å²) in [6.45, 7) is 2.23. The van der Waals surface area contributed by atoms with E-state index in [9.17, 15) is 0 Å². The van der Waals surface area contributed by atoms with E-state index in [1.54, 1.807) is 12.4 Å². The average molecular weight is 232 g/mol. The zero-order valence-electron chi connectivity index (χ0n) is 8.92. The van der Waals surface area contributed by atoms with Gasteiger partial charge in [-0.1, -0.05) is 6.92 Å². The van der Waals surface area contributed by atoms with Crippen molar-refractivity contribution in [2.75, 3.05) is 0 Å². The number of nitrogens with zero attached hydrogens (tertiary/aromatic N) is 3. The van der Waals surface area contributed by atoms with Crippen molar-refractivity contribution in [1.29, 1.82) is 0 Å². The smallest absolute Gasteiger partial charge is 0.195 e. The lowest BCUT2D eigenvalue weighted by atomic mass is 10.2. The van der Waals surface area contributed by atoms with E-state index in [4.69, 9.17) is 12.2 Å². The Kier molecular flexibility index (Phi) is 2.14. The fourth-order valence-corrected chi connectivity index (χ4v) is 2.25. The molecule has 16 heavy (non-hydrogen) atoms. The predicted molar refractivity (Wildman–Crippen MR) is 63.5 cm³/mol. The number of rotatable bonds is 2. The Morgan fingerprint density at radius 1 is 1.44 bits per heavy atom. The van der Waals surface area contributed by atoms with Crippen LogP contribution in [0.4, 0.5) is 0 Å². The van der Waals surface area contributed by atoms with E-state index in [1.807, 2.05) is 12.1 Å². The van der Waals surface area contributed by atoms with Crippen LogP contribution in [0.1, 0.15) is 19.4 Å². The Balaban J connectivity index is 2.12. The number of pyridine rings is 1. The third-order valence-corrected chi connectivity index (χ3v) is 3.33. The quantitative estimate of drug-likeness (QED) is 0.809. The fourth-order valence-electron chi connectivity index (χ4n) is 1.98. The SMILES string of the molecule is CC1CC1n1c(-c2ccncc2)n[nH]c1=S. The average Bonchev–Trinajstić information content (AvgIpc) is 2.88. The van der Waals surface area contributed by atoms with E-state index < -0.39 is 0 Å². The number of hydrogen-bond donors (Lipinski definition) is 1. The summed E-state index contributed by atoms with van der Waals surface area (Å²) in [6, 6.07) is 4.41. The van der Waals surface area contributed by atoms with Crippen molar-refractivity contribution >= 4 is 12.2 Å². The zero-order chi connectivity index (χ0) is 11.1. The van der Waals surface area contributed by atoms with E-state index in [1.165, 1.54) is 6.42 Å². The molecule has 2 aromatic rings. The highest BCUT2D eigenvalue weighted by Gasteiger charge is 2.36. The normalized spacial score (nSPS) is 23.3. The molecular formula is C11H12N4S. The molecule has 0 bridgehead atoms. The molecule has 1 N–H and O–H groups in total. The van der Waals surface area contributed by atoms with E-state index in [0.717, 1.165) is 11.4 Å². The minimum absolute atomic E-state index is 0.509. The van der Waals surface area contributed by atoms with Gasteiger partial charge < -0.3 is 0 Å². The molecule has 5 heteroatoms. The third-order valence-electron chi connectivity index (χ3n) is 3.04. The van der Waals surface area contributed by atoms with Crippen molar-refractivity contribution in [3.05, 3.63) is 29.3 Å². The summed E-state index contributed by atoms with van der Waals surface area (Å²) in [5.74, 6) is 1.62. The van der Waals surface area contributed by atoms with Gasteiger partial charge in [0.25, 0.3) is 0 Å². The van der Waals surface area contributed by atoms with Crippen LogP contribution in [-0.4, -0.2) is 19.7 Å². The molecule has 1 saturated carbocycles. The first-order chi connectivity index (χ1) is 7.77. The van der Waals surface area contributed by atoms with Gasteiger partial charge in [0.05, 0.1) is 0 Å². The first-order valence-electron chi connectivity index (χ1n) is 5.34. The second-order valence-corrected chi connectivity index (χ2v) is 4.63. The molecule has 0 amide bonds. The molecule has 3 rings (SSSR count). The van der Waals surface area contributed by atoms with Crippen molar-refractivity contribution in [2.24, 2.45) is 5.92 Å². The lowest BCUT2D eigenvalue weighted by Crippen LogP contribution is -1.99. The Morgan fingerprint density at radius 2 is 2.12 bits per heavy atom. The standard InChI is InChI=1S/C11H12N4S/c1-7-6-9(7)15-10(13-14-11(15)16)8-2-4-12-5-3-8/h2-5,7,9H,6H2,1H3,(H,14,16). The summed E-state index contributed by atoms with van der Waals surface area (Å²) in [6.07, 6.45) is 4.73. The van der Waals surface area contributed by atoms with Crippen molar-refractivity contribution < 1.29 is 0 Å². The molecule has 1 fully saturated rings. The summed E-state index contributed by atoms with van der Waals surface area (Å²) in [4.78, 5) is 4.01. The third kappa shape index (κ3) is 1.48. The molecule has 4 nitrogen and oxygen atoms in total. The molecule has 1 aliphatic rings. The molecule has 0 saturated heterocycles. The Labute approximate surface area is 98.3 Å². The maximum absolute atomic E-state index is 5.27. The van der Waals surface area contributed by atoms with Gasteiger partial charge >= 0.3 is 0 Å². The van der Waals surface area contributed by atoms with Crippen LogP contribution in [0.2, 0.25) is 0 Å². The largest absolute Gasteiger partial charge is 0.297 e. The van der Waals surface area contributed by atoms with Crippen LogP contribution < -0.4 is 0 Å². The van der Waals surface area contributed by atoms with Gasteiger partial charge in [-0.15, -0.1) is 0 Å². The number of aromatic nitrogens is 4. The van der Waals surface area contributed by atoms with E-state index in [2.05, 4.69) is 26.7 Å². The molecule has 2 unspecified atom stereocenters. The van der Waals surface area contributed by atoms with Crippen LogP contribution >= 0.6 is 12.2 Å². The molecule has 82 valence electrons. The minimum Gasteiger partial charge on any atom is -0.297 e. The molecule has 0 radical (unpaired) electrons. The van der Waals surface area contributed by atoms with E-state index in [-0.39, 0.29) is 0 Å².